The number of halogens is 5. The van der Waals surface area contributed by atoms with Gasteiger partial charge in [0.15, 0.2) is 6.61 Å². The monoisotopic (exact) mass is 468 g/mol. The van der Waals surface area contributed by atoms with Crippen LogP contribution in [0.15, 0.2) is 54.6 Å². The van der Waals surface area contributed by atoms with E-state index in [1.54, 1.807) is 30.3 Å². The van der Waals surface area contributed by atoms with Gasteiger partial charge in [-0.1, -0.05) is 36.4 Å². The van der Waals surface area contributed by atoms with Crippen LogP contribution in [0.2, 0.25) is 0 Å². The fourth-order valence-corrected chi connectivity index (χ4v) is 2.95. The van der Waals surface area contributed by atoms with Gasteiger partial charge in [0.2, 0.25) is 5.91 Å². The van der Waals surface area contributed by atoms with Gasteiger partial charge in [-0.3, -0.25) is 9.59 Å². The van der Waals surface area contributed by atoms with E-state index >= 15 is 0 Å². The molecule has 1 aromatic heterocycles. The topological polar surface area (TPSA) is 113 Å². The number of alkyl halides is 5. The molecule has 4 N–H and O–H groups in total. The average Bonchev–Trinajstić information content (AvgIpc) is 3.15. The zero-order valence-electron chi connectivity index (χ0n) is 16.8. The van der Waals surface area contributed by atoms with E-state index in [-0.39, 0.29) is 29.2 Å². The van der Waals surface area contributed by atoms with E-state index in [1.807, 2.05) is 0 Å². The summed E-state index contributed by atoms with van der Waals surface area (Å²) >= 11 is 0. The number of para-hydroxylation sites is 1. The normalized spacial score (nSPS) is 11.9. The van der Waals surface area contributed by atoms with Gasteiger partial charge >= 0.3 is 12.1 Å². The van der Waals surface area contributed by atoms with Gasteiger partial charge in [-0.15, -0.1) is 0 Å². The molecule has 2 aromatic carbocycles. The lowest BCUT2D eigenvalue weighted by atomic mass is 10.0. The van der Waals surface area contributed by atoms with Gasteiger partial charge in [0.1, 0.15) is 18.0 Å². The average molecular weight is 468 g/mol. The van der Waals surface area contributed by atoms with Gasteiger partial charge in [0.25, 0.3) is 5.91 Å². The van der Waals surface area contributed by atoms with E-state index in [4.69, 9.17) is 16.2 Å². The summed E-state index contributed by atoms with van der Waals surface area (Å²) in [5.74, 6) is -6.80. The largest absolute Gasteiger partial charge is 0.486 e. The van der Waals surface area contributed by atoms with Crippen LogP contribution < -0.4 is 16.2 Å². The first-order chi connectivity index (χ1) is 15.4. The second-order valence-corrected chi connectivity index (χ2v) is 6.97. The van der Waals surface area contributed by atoms with Crippen LogP contribution in [0.3, 0.4) is 0 Å². The Hall–Kier alpha value is -3.96. The Bertz CT molecular complexity index is 1190. The van der Waals surface area contributed by atoms with Crippen molar-refractivity contribution in [2.75, 3.05) is 6.61 Å². The van der Waals surface area contributed by atoms with Crippen LogP contribution >= 0.6 is 0 Å². The van der Waals surface area contributed by atoms with E-state index < -0.39 is 30.5 Å². The van der Waals surface area contributed by atoms with Crippen molar-refractivity contribution in [1.29, 1.82) is 0 Å². The quantitative estimate of drug-likeness (QED) is 0.494. The standard InChI is InChI=1S/C21H17F5N4O3/c22-20(23,21(24,25)26)11-33-17-7-2-1-6-14(17)12-4-3-5-13(8-12)15-9-16(19(28)32)30(29-15)10-18(27)31/h1-9H,10-11H2,(H2,27,31)(H2,28,32). The van der Waals surface area contributed by atoms with Crippen molar-refractivity contribution in [3.05, 3.63) is 60.3 Å². The van der Waals surface area contributed by atoms with Crippen molar-refractivity contribution in [2.24, 2.45) is 11.5 Å². The Morgan fingerprint density at radius 1 is 0.939 bits per heavy atom. The Balaban J connectivity index is 1.96. The van der Waals surface area contributed by atoms with Gasteiger partial charge in [0.05, 0.1) is 5.69 Å². The summed E-state index contributed by atoms with van der Waals surface area (Å²) in [6, 6.07) is 13.4. The number of rotatable bonds is 8. The fraction of sp³-hybridized carbons (Fsp3) is 0.190. The number of benzene rings is 2. The van der Waals surface area contributed by atoms with Crippen LogP contribution in [0.4, 0.5) is 22.0 Å². The minimum Gasteiger partial charge on any atom is -0.486 e. The van der Waals surface area contributed by atoms with Gasteiger partial charge in [-0.25, -0.2) is 4.68 Å². The van der Waals surface area contributed by atoms with Crippen LogP contribution in [-0.4, -0.2) is 40.3 Å². The van der Waals surface area contributed by atoms with E-state index in [0.717, 1.165) is 4.68 Å². The maximum absolute atomic E-state index is 13.3. The van der Waals surface area contributed by atoms with Crippen LogP contribution in [0, 0.1) is 0 Å². The molecule has 0 atom stereocenters. The number of hydrogen-bond donors (Lipinski definition) is 2. The van der Waals surface area contributed by atoms with Gasteiger partial charge in [-0.05, 0) is 23.8 Å². The molecule has 7 nitrogen and oxygen atoms in total. The molecule has 33 heavy (non-hydrogen) atoms. The highest BCUT2D eigenvalue weighted by molar-refractivity contribution is 5.93. The highest BCUT2D eigenvalue weighted by Gasteiger charge is 2.58. The molecular formula is C21H17F5N4O3. The molecule has 0 aliphatic heterocycles. The number of carbonyl (C=O) groups is 2. The molecule has 0 unspecified atom stereocenters. The Morgan fingerprint density at radius 3 is 2.24 bits per heavy atom. The zero-order valence-corrected chi connectivity index (χ0v) is 16.8. The van der Waals surface area contributed by atoms with Gasteiger partial charge in [0, 0.05) is 11.1 Å². The number of primary amides is 2. The Morgan fingerprint density at radius 2 is 1.61 bits per heavy atom. The molecule has 0 aliphatic carbocycles. The molecule has 174 valence electrons. The second kappa shape index (κ2) is 8.88. The van der Waals surface area contributed by atoms with Crippen LogP contribution in [0.5, 0.6) is 5.75 Å². The second-order valence-electron chi connectivity index (χ2n) is 6.97. The first-order valence-electron chi connectivity index (χ1n) is 9.32. The lowest BCUT2D eigenvalue weighted by molar-refractivity contribution is -0.289. The number of amides is 2. The molecule has 0 saturated heterocycles. The number of hydrogen-bond acceptors (Lipinski definition) is 4. The van der Waals surface area contributed by atoms with Crippen molar-refractivity contribution < 1.29 is 36.3 Å². The molecule has 0 saturated carbocycles. The van der Waals surface area contributed by atoms with Crippen LogP contribution in [0.1, 0.15) is 10.5 Å². The SMILES string of the molecule is NC(=O)Cn1nc(-c2cccc(-c3ccccc3OCC(F)(F)C(F)(F)F)c2)cc1C(N)=O. The van der Waals surface area contributed by atoms with E-state index in [9.17, 15) is 31.5 Å². The van der Waals surface area contributed by atoms with Crippen molar-refractivity contribution in [1.82, 2.24) is 9.78 Å². The smallest absolute Gasteiger partial charge is 0.456 e. The van der Waals surface area contributed by atoms with E-state index in [0.29, 0.717) is 11.1 Å². The zero-order chi connectivity index (χ0) is 24.4. The molecule has 0 radical (unpaired) electrons. The number of nitrogens with zero attached hydrogens (tertiary/aromatic N) is 2. The van der Waals surface area contributed by atoms with E-state index in [2.05, 4.69) is 5.10 Å². The van der Waals surface area contributed by atoms with Crippen molar-refractivity contribution in [3.63, 3.8) is 0 Å². The summed E-state index contributed by atoms with van der Waals surface area (Å²) in [6.45, 7) is -2.27. The summed E-state index contributed by atoms with van der Waals surface area (Å²) < 4.78 is 69.9. The third-order valence-corrected chi connectivity index (χ3v) is 4.52. The third-order valence-electron chi connectivity index (χ3n) is 4.52. The summed E-state index contributed by atoms with van der Waals surface area (Å²) in [5.41, 5.74) is 11.8. The predicted octanol–water partition coefficient (Wildman–Crippen LogP) is 3.38. The van der Waals surface area contributed by atoms with Crippen LogP contribution in [0.25, 0.3) is 22.4 Å². The molecule has 0 spiro atoms. The maximum Gasteiger partial charge on any atom is 0.456 e. The summed E-state index contributed by atoms with van der Waals surface area (Å²) in [7, 11) is 0. The van der Waals surface area contributed by atoms with Gasteiger partial charge < -0.3 is 16.2 Å². The molecule has 2 amide bonds. The first-order valence-corrected chi connectivity index (χ1v) is 9.32. The van der Waals surface area contributed by atoms with Crippen molar-refractivity contribution in [2.45, 2.75) is 18.6 Å². The summed E-state index contributed by atoms with van der Waals surface area (Å²) in [5, 5.41) is 4.15. The lowest BCUT2D eigenvalue weighted by Gasteiger charge is -2.21. The predicted molar refractivity (Wildman–Crippen MR) is 107 cm³/mol. The number of carbonyl (C=O) groups excluding carboxylic acids is 2. The summed E-state index contributed by atoms with van der Waals surface area (Å²) in [4.78, 5) is 22.9. The minimum atomic E-state index is -5.75. The highest BCUT2D eigenvalue weighted by atomic mass is 19.4. The molecule has 0 fully saturated rings. The van der Waals surface area contributed by atoms with Gasteiger partial charge in [-0.2, -0.15) is 27.1 Å². The number of aromatic nitrogens is 2. The fourth-order valence-electron chi connectivity index (χ4n) is 2.95. The molecule has 12 heteroatoms. The lowest BCUT2D eigenvalue weighted by Crippen LogP contribution is -2.41. The van der Waals surface area contributed by atoms with E-state index in [1.165, 1.54) is 24.3 Å². The molecular weight excluding hydrogens is 451 g/mol. The van der Waals surface area contributed by atoms with Crippen molar-refractivity contribution in [3.8, 4) is 28.1 Å². The molecule has 3 aromatic rings. The number of ether oxygens (including phenoxy) is 1. The Kier molecular flexibility index (Phi) is 6.38. The van der Waals surface area contributed by atoms with Crippen LogP contribution in [-0.2, 0) is 11.3 Å². The third kappa shape index (κ3) is 5.27. The summed E-state index contributed by atoms with van der Waals surface area (Å²) in [6.07, 6.45) is -5.75. The molecule has 0 aliphatic rings. The molecule has 3 rings (SSSR count). The first kappa shape index (κ1) is 23.7. The number of nitrogens with two attached hydrogens (primary N) is 2. The van der Waals surface area contributed by atoms with Crippen molar-refractivity contribution >= 4 is 11.8 Å². The Labute approximate surface area is 183 Å². The minimum absolute atomic E-state index is 0.0627. The molecule has 1 heterocycles. The maximum atomic E-state index is 13.3. The highest BCUT2D eigenvalue weighted by Crippen LogP contribution is 2.38. The molecule has 0 bridgehead atoms.